The number of ether oxygens (including phenoxy) is 1. The van der Waals surface area contributed by atoms with Crippen LogP contribution in [0.3, 0.4) is 0 Å². The molecule has 0 aliphatic heterocycles. The molecule has 0 saturated heterocycles. The van der Waals surface area contributed by atoms with E-state index < -0.39 is 11.0 Å². The number of rotatable bonds is 5. The van der Waals surface area contributed by atoms with Crippen LogP contribution in [0.1, 0.15) is 64.1 Å². The predicted molar refractivity (Wildman–Crippen MR) is 86.7 cm³/mol. The van der Waals surface area contributed by atoms with Crippen molar-refractivity contribution in [2.75, 3.05) is 0 Å². The van der Waals surface area contributed by atoms with E-state index in [0.717, 1.165) is 29.8 Å². The van der Waals surface area contributed by atoms with E-state index in [1.54, 1.807) is 0 Å². The lowest BCUT2D eigenvalue weighted by molar-refractivity contribution is 0.113. The third kappa shape index (κ3) is 4.27. The molecule has 0 amide bonds. The number of nitrogens with zero attached hydrogens (tertiary/aromatic N) is 1. The zero-order valence-corrected chi connectivity index (χ0v) is 14.4. The Bertz CT molecular complexity index is 521. The van der Waals surface area contributed by atoms with Gasteiger partial charge < -0.3 is 4.74 Å². The summed E-state index contributed by atoms with van der Waals surface area (Å²) >= 11 is 0. The number of aromatic nitrogens is 1. The first kappa shape index (κ1) is 16.4. The highest BCUT2D eigenvalue weighted by atomic mass is 32.2. The summed E-state index contributed by atoms with van der Waals surface area (Å²) in [6.45, 7) is 9.90. The fraction of sp³-hybridized carbons (Fsp3) is 0.688. The Morgan fingerprint density at radius 3 is 2.57 bits per heavy atom. The summed E-state index contributed by atoms with van der Waals surface area (Å²) in [5, 5.41) is 0. The Labute approximate surface area is 130 Å². The smallest absolute Gasteiger partial charge is 0.216 e. The van der Waals surface area contributed by atoms with Crippen molar-refractivity contribution in [1.82, 2.24) is 9.71 Å². The molecule has 2 atom stereocenters. The first-order valence-electron chi connectivity index (χ1n) is 7.58. The predicted octanol–water partition coefficient (Wildman–Crippen LogP) is 3.43. The topological polar surface area (TPSA) is 51.2 Å². The molecule has 1 fully saturated rings. The molecule has 2 unspecified atom stereocenters. The van der Waals surface area contributed by atoms with Crippen LogP contribution in [0.15, 0.2) is 12.3 Å². The lowest BCUT2D eigenvalue weighted by atomic mass is 9.96. The second-order valence-corrected chi connectivity index (χ2v) is 8.78. The molecule has 4 nitrogen and oxygen atoms in total. The molecule has 0 bridgehead atoms. The van der Waals surface area contributed by atoms with E-state index in [1.165, 1.54) is 6.42 Å². The maximum Gasteiger partial charge on any atom is 0.216 e. The lowest BCUT2D eigenvalue weighted by Crippen LogP contribution is -2.34. The summed E-state index contributed by atoms with van der Waals surface area (Å²) in [5.74, 6) is 0.729. The number of aryl methyl sites for hydroxylation is 1. The van der Waals surface area contributed by atoms with E-state index >= 15 is 0 Å². The van der Waals surface area contributed by atoms with E-state index in [1.807, 2.05) is 40.8 Å². The van der Waals surface area contributed by atoms with Gasteiger partial charge in [-0.3, -0.25) is 0 Å². The summed E-state index contributed by atoms with van der Waals surface area (Å²) in [5.41, 5.74) is 2.07. The third-order valence-electron chi connectivity index (χ3n) is 3.72. The molecule has 2 rings (SSSR count). The maximum atomic E-state index is 12.1. The molecular formula is C16H26N2O2S. The highest BCUT2D eigenvalue weighted by molar-refractivity contribution is 7.84. The average Bonchev–Trinajstić information content (AvgIpc) is 2.33. The van der Waals surface area contributed by atoms with E-state index in [0.29, 0.717) is 6.10 Å². The van der Waals surface area contributed by atoms with Gasteiger partial charge in [-0.05, 0) is 65.5 Å². The summed E-state index contributed by atoms with van der Waals surface area (Å²) in [7, 11) is -1.09. The monoisotopic (exact) mass is 310 g/mol. The van der Waals surface area contributed by atoms with Crippen LogP contribution in [0, 0.1) is 6.92 Å². The van der Waals surface area contributed by atoms with Crippen LogP contribution in [-0.2, 0) is 11.0 Å². The molecule has 1 aliphatic carbocycles. The minimum atomic E-state index is -1.09. The third-order valence-corrected chi connectivity index (χ3v) is 5.40. The Hall–Kier alpha value is -0.940. The minimum Gasteiger partial charge on any atom is -0.474 e. The van der Waals surface area contributed by atoms with E-state index in [4.69, 9.17) is 4.74 Å². The molecule has 1 N–H and O–H groups in total. The standard InChI is InChI=1S/C16H26N2O2S/c1-11-9-13(12(2)18-21(19)16(3,4)5)10-17-15(11)20-14-7-6-8-14/h9-10,12,14,18H,6-8H2,1-5H3. The molecule has 0 radical (unpaired) electrons. The highest BCUT2D eigenvalue weighted by Crippen LogP contribution is 2.27. The van der Waals surface area contributed by atoms with Crippen molar-refractivity contribution in [1.29, 1.82) is 0 Å². The van der Waals surface area contributed by atoms with Crippen molar-refractivity contribution >= 4 is 11.0 Å². The van der Waals surface area contributed by atoms with Gasteiger partial charge in [0, 0.05) is 17.8 Å². The molecule has 1 saturated carbocycles. The SMILES string of the molecule is Cc1cc(C(C)NS(=O)C(C)(C)C)cnc1OC1CCC1. The highest BCUT2D eigenvalue weighted by Gasteiger charge is 2.23. The van der Waals surface area contributed by atoms with E-state index in [2.05, 4.69) is 15.8 Å². The summed E-state index contributed by atoms with van der Waals surface area (Å²) < 4.78 is 20.9. The van der Waals surface area contributed by atoms with Gasteiger partial charge in [0.15, 0.2) is 0 Å². The number of hydrogen-bond donors (Lipinski definition) is 1. The van der Waals surface area contributed by atoms with Gasteiger partial charge in [0.25, 0.3) is 0 Å². The van der Waals surface area contributed by atoms with Crippen molar-refractivity contribution in [2.45, 2.75) is 70.8 Å². The zero-order valence-electron chi connectivity index (χ0n) is 13.6. The molecule has 21 heavy (non-hydrogen) atoms. The number of nitrogens with one attached hydrogen (secondary N) is 1. The van der Waals surface area contributed by atoms with Crippen molar-refractivity contribution in [3.63, 3.8) is 0 Å². The van der Waals surface area contributed by atoms with Crippen LogP contribution in [0.5, 0.6) is 5.88 Å². The number of pyridine rings is 1. The summed E-state index contributed by atoms with van der Waals surface area (Å²) in [6.07, 6.45) is 5.67. The van der Waals surface area contributed by atoms with Gasteiger partial charge in [0.2, 0.25) is 5.88 Å². The first-order chi connectivity index (χ1) is 9.77. The molecule has 5 heteroatoms. The first-order valence-corrected chi connectivity index (χ1v) is 8.73. The van der Waals surface area contributed by atoms with Crippen molar-refractivity contribution in [3.05, 3.63) is 23.4 Å². The Kier molecular flexibility index (Phi) is 5.04. The Balaban J connectivity index is 2.03. The van der Waals surface area contributed by atoms with E-state index in [9.17, 15) is 4.21 Å². The van der Waals surface area contributed by atoms with Crippen LogP contribution in [-0.4, -0.2) is 20.0 Å². The van der Waals surface area contributed by atoms with E-state index in [-0.39, 0.29) is 10.8 Å². The van der Waals surface area contributed by atoms with Gasteiger partial charge in [0.05, 0.1) is 15.7 Å². The lowest BCUT2D eigenvalue weighted by Gasteiger charge is -2.27. The second-order valence-electron chi connectivity index (χ2n) is 6.78. The van der Waals surface area contributed by atoms with Gasteiger partial charge in [0.1, 0.15) is 6.10 Å². The maximum absolute atomic E-state index is 12.1. The largest absolute Gasteiger partial charge is 0.474 e. The summed E-state index contributed by atoms with van der Waals surface area (Å²) in [6, 6.07) is 2.06. The van der Waals surface area contributed by atoms with Crippen molar-refractivity contribution < 1.29 is 8.95 Å². The van der Waals surface area contributed by atoms with Crippen LogP contribution < -0.4 is 9.46 Å². The molecule has 1 aromatic rings. The molecule has 0 aromatic carbocycles. The van der Waals surface area contributed by atoms with Crippen LogP contribution in [0.4, 0.5) is 0 Å². The average molecular weight is 310 g/mol. The molecule has 1 aliphatic rings. The summed E-state index contributed by atoms with van der Waals surface area (Å²) in [4.78, 5) is 4.43. The fourth-order valence-electron chi connectivity index (χ4n) is 2.00. The van der Waals surface area contributed by atoms with Crippen LogP contribution >= 0.6 is 0 Å². The van der Waals surface area contributed by atoms with Crippen molar-refractivity contribution in [2.24, 2.45) is 0 Å². The molecule has 118 valence electrons. The Morgan fingerprint density at radius 1 is 1.43 bits per heavy atom. The minimum absolute atomic E-state index is 0.00555. The molecular weight excluding hydrogens is 284 g/mol. The molecule has 1 heterocycles. The van der Waals surface area contributed by atoms with Crippen LogP contribution in [0.2, 0.25) is 0 Å². The van der Waals surface area contributed by atoms with Gasteiger partial charge in [-0.1, -0.05) is 0 Å². The van der Waals surface area contributed by atoms with Crippen LogP contribution in [0.25, 0.3) is 0 Å². The second kappa shape index (κ2) is 6.44. The molecule has 1 aromatic heterocycles. The zero-order chi connectivity index (χ0) is 15.6. The fourth-order valence-corrected chi connectivity index (χ4v) is 2.81. The van der Waals surface area contributed by atoms with Gasteiger partial charge >= 0.3 is 0 Å². The van der Waals surface area contributed by atoms with Gasteiger partial charge in [-0.15, -0.1) is 0 Å². The molecule has 0 spiro atoms. The quantitative estimate of drug-likeness (QED) is 0.906. The van der Waals surface area contributed by atoms with Gasteiger partial charge in [-0.2, -0.15) is 0 Å². The number of hydrogen-bond acceptors (Lipinski definition) is 3. The van der Waals surface area contributed by atoms with Gasteiger partial charge in [-0.25, -0.2) is 13.9 Å². The Morgan fingerprint density at radius 2 is 2.10 bits per heavy atom. The normalized spacial score (nSPS) is 18.9. The van der Waals surface area contributed by atoms with Crippen molar-refractivity contribution in [3.8, 4) is 5.88 Å².